The molecule has 19 rings (SSSR count). The molecular formula is C88H54N8. The molecular weight excluding hydrogens is 1170 g/mol. The maximum absolute atomic E-state index is 13.2. The minimum absolute atomic E-state index is 0.396. The number of rotatable bonds is 10. The molecule has 0 fully saturated rings. The van der Waals surface area contributed by atoms with Gasteiger partial charge in [-0.1, -0.05) is 231 Å². The van der Waals surface area contributed by atoms with Crippen LogP contribution in [0.4, 0.5) is 0 Å². The first-order chi connectivity index (χ1) is 47.7. The smallest absolute Gasteiger partial charge is 0.101 e. The summed E-state index contributed by atoms with van der Waals surface area (Å²) in [6.45, 7) is 0. The predicted octanol–water partition coefficient (Wildman–Crippen LogP) is 22.1. The summed E-state index contributed by atoms with van der Waals surface area (Å²) < 4.78 is 9.72. The lowest BCUT2D eigenvalue weighted by Gasteiger charge is -2.27. The molecule has 19 aromatic rings. The van der Waals surface area contributed by atoms with E-state index in [1.807, 2.05) is 42.5 Å². The molecule has 0 amide bonds. The summed E-state index contributed by atoms with van der Waals surface area (Å²) in [6.07, 6.45) is 0. The first-order valence-corrected chi connectivity index (χ1v) is 32.4. The van der Waals surface area contributed by atoms with Gasteiger partial charge >= 0.3 is 0 Å². The number of fused-ring (bicyclic) bond motifs is 14. The van der Waals surface area contributed by atoms with Crippen LogP contribution in [0.3, 0.4) is 0 Å². The van der Waals surface area contributed by atoms with Crippen molar-refractivity contribution in [1.82, 2.24) is 33.2 Å². The van der Waals surface area contributed by atoms with Crippen LogP contribution in [0.15, 0.2) is 328 Å². The number of para-hydroxylation sites is 6. The molecule has 0 N–H and O–H groups in total. The van der Waals surface area contributed by atoms with Gasteiger partial charge < -0.3 is 18.3 Å². The Hall–Kier alpha value is -13.2. The van der Waals surface area contributed by atoms with Gasteiger partial charge in [-0.3, -0.25) is 0 Å². The van der Waals surface area contributed by atoms with Crippen LogP contribution >= 0.6 is 0 Å². The topological polar surface area (TPSA) is 82.2 Å². The van der Waals surface area contributed by atoms with Crippen LogP contribution in [-0.2, 0) is 0 Å². The van der Waals surface area contributed by atoms with Gasteiger partial charge in [0.1, 0.15) is 6.07 Å². The van der Waals surface area contributed by atoms with E-state index in [1.54, 1.807) is 0 Å². The van der Waals surface area contributed by atoms with Crippen molar-refractivity contribution >= 4 is 87.2 Å². The number of pyridine rings is 3. The number of aromatic nitrogens is 7. The van der Waals surface area contributed by atoms with E-state index in [9.17, 15) is 5.26 Å². The molecule has 0 aliphatic carbocycles. The van der Waals surface area contributed by atoms with E-state index in [1.165, 1.54) is 0 Å². The lowest BCUT2D eigenvalue weighted by Crippen LogP contribution is -2.12. The average Bonchev–Trinajstić information content (AvgIpc) is 1.44. The van der Waals surface area contributed by atoms with Crippen molar-refractivity contribution in [3.05, 3.63) is 333 Å². The van der Waals surface area contributed by atoms with Crippen LogP contribution in [0.25, 0.3) is 178 Å². The minimum Gasteiger partial charge on any atom is -0.309 e. The number of nitriles is 1. The number of benzene rings is 12. The molecule has 8 nitrogen and oxygen atoms in total. The second kappa shape index (κ2) is 22.0. The molecule has 0 atom stereocenters. The zero-order valence-corrected chi connectivity index (χ0v) is 51.8. The van der Waals surface area contributed by atoms with E-state index in [0.717, 1.165) is 149 Å². The highest BCUT2D eigenvalue weighted by atomic mass is 15.1. The molecule has 0 bridgehead atoms. The molecule has 0 aliphatic heterocycles. The third-order valence-corrected chi connectivity index (χ3v) is 19.2. The standard InChI is InChI=1S/C88H54N8/c89-55-67-80(71-44-24-41-68(90-71)56-27-6-1-7-28-56)87(95-74-47-20-16-37-61(74)63-51-53-78-82(85(63)95)65-39-18-22-49-76(65)93(78)59-33-12-4-13-34-59)84(73-46-26-43-70(92-73)58-31-10-3-11-32-58)88(81(67)72-45-25-42-69(91-72)57-29-8-2-9-30-57)96-75-48-21-17-38-62(75)64-52-54-79-83(86(64)96)66-40-19-23-50-77(66)94(79)60-35-14-5-15-36-60/h1-54H. The summed E-state index contributed by atoms with van der Waals surface area (Å²) in [5.41, 5.74) is 21.1. The highest BCUT2D eigenvalue weighted by Gasteiger charge is 2.36. The normalized spacial score (nSPS) is 11.7. The Morgan fingerprint density at radius 3 is 0.896 bits per heavy atom. The SMILES string of the molecule is N#Cc1c(-c2cccc(-c3ccccc3)n2)c(-n2c3ccccc3c3ccc4c(c5ccccc5n4-c4ccccc4)c32)c(-c2cccc(-c3ccccc3)n2)c(-n2c3ccccc3c3ccc4c(c5ccccc5n4-c4ccccc4)c32)c1-c1cccc(-c2ccccc2)n1. The molecule has 0 radical (unpaired) electrons. The number of hydrogen-bond donors (Lipinski definition) is 0. The molecule has 0 spiro atoms. The lowest BCUT2D eigenvalue weighted by atomic mass is 9.87. The van der Waals surface area contributed by atoms with E-state index in [0.29, 0.717) is 33.8 Å². The third-order valence-electron chi connectivity index (χ3n) is 19.2. The van der Waals surface area contributed by atoms with E-state index < -0.39 is 0 Å². The molecule has 96 heavy (non-hydrogen) atoms. The van der Waals surface area contributed by atoms with Gasteiger partial charge in [-0.2, -0.15) is 5.26 Å². The highest BCUT2D eigenvalue weighted by Crippen LogP contribution is 2.54. The van der Waals surface area contributed by atoms with Crippen LogP contribution in [-0.4, -0.2) is 33.2 Å². The summed E-state index contributed by atoms with van der Waals surface area (Å²) in [6, 6.07) is 118. The molecule has 7 heterocycles. The summed E-state index contributed by atoms with van der Waals surface area (Å²) >= 11 is 0. The maximum atomic E-state index is 13.2. The van der Waals surface area contributed by atoms with Crippen molar-refractivity contribution < 1.29 is 0 Å². The fraction of sp³-hybridized carbons (Fsp3) is 0. The largest absolute Gasteiger partial charge is 0.309 e. The van der Waals surface area contributed by atoms with E-state index in [-0.39, 0.29) is 0 Å². The fourth-order valence-electron chi connectivity index (χ4n) is 15.2. The summed E-state index contributed by atoms with van der Waals surface area (Å²) in [4.78, 5) is 17.6. The minimum atomic E-state index is 0.396. The average molecular weight is 1220 g/mol. The molecule has 7 aromatic heterocycles. The number of nitrogens with zero attached hydrogens (tertiary/aromatic N) is 8. The molecule has 12 aromatic carbocycles. The molecule has 0 aliphatic rings. The Bertz CT molecular complexity index is 6030. The van der Waals surface area contributed by atoms with Gasteiger partial charge in [0, 0.05) is 87.8 Å². The van der Waals surface area contributed by atoms with Crippen molar-refractivity contribution in [3.63, 3.8) is 0 Å². The van der Waals surface area contributed by atoms with Crippen LogP contribution in [0, 0.1) is 11.3 Å². The molecule has 0 saturated heterocycles. The van der Waals surface area contributed by atoms with Crippen molar-refractivity contribution in [2.45, 2.75) is 0 Å². The van der Waals surface area contributed by atoms with Gasteiger partial charge in [0.05, 0.1) is 95.2 Å². The second-order valence-electron chi connectivity index (χ2n) is 24.4. The number of hydrogen-bond acceptors (Lipinski definition) is 4. The second-order valence-corrected chi connectivity index (χ2v) is 24.4. The van der Waals surface area contributed by atoms with Gasteiger partial charge in [0.2, 0.25) is 0 Å². The van der Waals surface area contributed by atoms with Gasteiger partial charge in [0.15, 0.2) is 0 Å². The summed E-state index contributed by atoms with van der Waals surface area (Å²) in [5.74, 6) is 0. The summed E-state index contributed by atoms with van der Waals surface area (Å²) in [7, 11) is 0. The Labute approximate surface area is 552 Å². The van der Waals surface area contributed by atoms with E-state index in [2.05, 4.69) is 309 Å². The first-order valence-electron chi connectivity index (χ1n) is 32.4. The summed E-state index contributed by atoms with van der Waals surface area (Å²) in [5, 5.41) is 21.7. The van der Waals surface area contributed by atoms with Crippen molar-refractivity contribution in [3.8, 4) is 96.4 Å². The third kappa shape index (κ3) is 8.31. The monoisotopic (exact) mass is 1220 g/mol. The lowest BCUT2D eigenvalue weighted by molar-refractivity contribution is 1.12. The quantitative estimate of drug-likeness (QED) is 0.137. The molecule has 0 saturated carbocycles. The Balaban J connectivity index is 1.12. The van der Waals surface area contributed by atoms with E-state index in [4.69, 9.17) is 15.0 Å². The van der Waals surface area contributed by atoms with Crippen molar-refractivity contribution in [2.75, 3.05) is 0 Å². The fourth-order valence-corrected chi connectivity index (χ4v) is 15.2. The van der Waals surface area contributed by atoms with Crippen LogP contribution in [0.5, 0.6) is 0 Å². The first kappa shape index (κ1) is 54.5. The zero-order chi connectivity index (χ0) is 63.4. The van der Waals surface area contributed by atoms with Crippen LogP contribution in [0.1, 0.15) is 5.56 Å². The maximum Gasteiger partial charge on any atom is 0.101 e. The Morgan fingerprint density at radius 2 is 0.531 bits per heavy atom. The van der Waals surface area contributed by atoms with Gasteiger partial charge in [-0.25, -0.2) is 15.0 Å². The molecule has 446 valence electrons. The predicted molar refractivity (Wildman–Crippen MR) is 395 cm³/mol. The van der Waals surface area contributed by atoms with Crippen molar-refractivity contribution in [1.29, 1.82) is 5.26 Å². The highest BCUT2D eigenvalue weighted by molar-refractivity contribution is 6.29. The molecule has 8 heteroatoms. The van der Waals surface area contributed by atoms with Crippen LogP contribution in [0.2, 0.25) is 0 Å². The van der Waals surface area contributed by atoms with Crippen molar-refractivity contribution in [2.24, 2.45) is 0 Å². The van der Waals surface area contributed by atoms with E-state index >= 15 is 0 Å². The van der Waals surface area contributed by atoms with Gasteiger partial charge in [-0.15, -0.1) is 0 Å². The zero-order valence-electron chi connectivity index (χ0n) is 51.8. The Kier molecular flexibility index (Phi) is 12.5. The van der Waals surface area contributed by atoms with Gasteiger partial charge in [0.25, 0.3) is 0 Å². The van der Waals surface area contributed by atoms with Gasteiger partial charge in [-0.05, 0) is 97.1 Å². The Morgan fingerprint density at radius 1 is 0.229 bits per heavy atom. The molecule has 0 unspecified atom stereocenters. The van der Waals surface area contributed by atoms with Crippen LogP contribution < -0.4 is 0 Å².